The molecule has 110 valence electrons. The van der Waals surface area contributed by atoms with E-state index in [0.29, 0.717) is 6.42 Å². The first-order chi connectivity index (χ1) is 8.79. The summed E-state index contributed by atoms with van der Waals surface area (Å²) in [5, 5.41) is 8.41. The van der Waals surface area contributed by atoms with Crippen molar-refractivity contribution < 1.29 is 29.3 Å². The predicted molar refractivity (Wildman–Crippen MR) is 64.5 cm³/mol. The maximum atomic E-state index is 11.4. The summed E-state index contributed by atoms with van der Waals surface area (Å²) in [5.74, 6) is -3.08. The monoisotopic (exact) mass is 276 g/mol. The highest BCUT2D eigenvalue weighted by Gasteiger charge is 2.25. The molecule has 0 aliphatic heterocycles. The second kappa shape index (κ2) is 8.44. The van der Waals surface area contributed by atoms with Crippen molar-refractivity contribution >= 4 is 17.9 Å². The molecular formula is C11H20N2O6. The zero-order chi connectivity index (χ0) is 15.0. The lowest BCUT2D eigenvalue weighted by molar-refractivity contribution is -0.261. The second-order valence-corrected chi connectivity index (χ2v) is 4.25. The molecule has 0 fully saturated rings. The van der Waals surface area contributed by atoms with E-state index in [0.717, 1.165) is 0 Å². The lowest BCUT2D eigenvalue weighted by Crippen LogP contribution is -2.40. The van der Waals surface area contributed by atoms with Gasteiger partial charge in [0.05, 0.1) is 0 Å². The zero-order valence-corrected chi connectivity index (χ0v) is 11.0. The van der Waals surface area contributed by atoms with Gasteiger partial charge in [-0.2, -0.15) is 0 Å². The number of carboxylic acid groups (broad SMARTS) is 1. The van der Waals surface area contributed by atoms with Crippen molar-refractivity contribution in [3.8, 4) is 0 Å². The first-order valence-corrected chi connectivity index (χ1v) is 5.94. The Labute approximate surface area is 111 Å². The van der Waals surface area contributed by atoms with E-state index in [2.05, 4.69) is 9.78 Å². The molecule has 0 spiro atoms. The van der Waals surface area contributed by atoms with Gasteiger partial charge in [0.2, 0.25) is 0 Å². The molecule has 0 saturated carbocycles. The van der Waals surface area contributed by atoms with E-state index < -0.39 is 30.0 Å². The molecule has 0 bridgehead atoms. The summed E-state index contributed by atoms with van der Waals surface area (Å²) >= 11 is 0. The molecule has 0 rings (SSSR count). The number of rotatable bonds is 7. The minimum absolute atomic E-state index is 0.108. The molecule has 5 N–H and O–H groups in total. The molecule has 0 saturated heterocycles. The number of aliphatic carboxylic acids is 1. The van der Waals surface area contributed by atoms with Gasteiger partial charge in [0.25, 0.3) is 0 Å². The fourth-order valence-corrected chi connectivity index (χ4v) is 1.08. The third kappa shape index (κ3) is 6.73. The molecular weight excluding hydrogens is 256 g/mol. The Morgan fingerprint density at radius 2 is 1.68 bits per heavy atom. The lowest BCUT2D eigenvalue weighted by atomic mass is 10.0. The Kier molecular flexibility index (Phi) is 7.69. The number of carbonyl (C=O) groups excluding carboxylic acids is 2. The maximum Gasteiger partial charge on any atom is 0.372 e. The van der Waals surface area contributed by atoms with Gasteiger partial charge in [-0.15, -0.1) is 0 Å². The quantitative estimate of drug-likeness (QED) is 0.419. The van der Waals surface area contributed by atoms with Crippen LogP contribution in [0.4, 0.5) is 0 Å². The second-order valence-electron chi connectivity index (χ2n) is 4.25. The Hall–Kier alpha value is -1.67. The SMILES string of the molecule is CCC(C)[C@H](N)C(=O)OOC(=O)[C@H](N)CCC(=O)O. The number of carbonyl (C=O) groups is 3. The normalized spacial score (nSPS) is 15.2. The maximum absolute atomic E-state index is 11.4. The first-order valence-electron chi connectivity index (χ1n) is 5.94. The summed E-state index contributed by atoms with van der Waals surface area (Å²) in [6, 6.07) is -2.06. The molecule has 19 heavy (non-hydrogen) atoms. The summed E-state index contributed by atoms with van der Waals surface area (Å²) in [7, 11) is 0. The average Bonchev–Trinajstić information content (AvgIpc) is 2.39. The Morgan fingerprint density at radius 1 is 1.16 bits per heavy atom. The molecule has 0 heterocycles. The number of nitrogens with two attached hydrogens (primary N) is 2. The van der Waals surface area contributed by atoms with Crippen molar-refractivity contribution in [2.45, 2.75) is 45.2 Å². The molecule has 8 heteroatoms. The fourth-order valence-electron chi connectivity index (χ4n) is 1.08. The van der Waals surface area contributed by atoms with Gasteiger partial charge in [-0.05, 0) is 12.3 Å². The van der Waals surface area contributed by atoms with Gasteiger partial charge in [0.1, 0.15) is 12.1 Å². The van der Waals surface area contributed by atoms with Crippen molar-refractivity contribution in [2.24, 2.45) is 17.4 Å². The molecule has 8 nitrogen and oxygen atoms in total. The van der Waals surface area contributed by atoms with Crippen LogP contribution in [0.25, 0.3) is 0 Å². The van der Waals surface area contributed by atoms with Crippen LogP contribution < -0.4 is 11.5 Å². The van der Waals surface area contributed by atoms with Crippen molar-refractivity contribution in [1.29, 1.82) is 0 Å². The Morgan fingerprint density at radius 3 is 2.16 bits per heavy atom. The molecule has 0 amide bonds. The molecule has 0 aromatic heterocycles. The van der Waals surface area contributed by atoms with Crippen LogP contribution in [0.2, 0.25) is 0 Å². The number of hydrogen-bond acceptors (Lipinski definition) is 7. The van der Waals surface area contributed by atoms with Crippen LogP contribution >= 0.6 is 0 Å². The first kappa shape index (κ1) is 17.3. The fraction of sp³-hybridized carbons (Fsp3) is 0.727. The molecule has 0 aromatic rings. The van der Waals surface area contributed by atoms with E-state index in [-0.39, 0.29) is 18.8 Å². The summed E-state index contributed by atoms with van der Waals surface area (Å²) < 4.78 is 0. The highest BCUT2D eigenvalue weighted by atomic mass is 17.2. The van der Waals surface area contributed by atoms with Gasteiger partial charge >= 0.3 is 17.9 Å². The van der Waals surface area contributed by atoms with E-state index in [1.54, 1.807) is 6.92 Å². The molecule has 1 unspecified atom stereocenters. The van der Waals surface area contributed by atoms with Crippen LogP contribution in [0.5, 0.6) is 0 Å². The standard InChI is InChI=1S/C11H20N2O6/c1-3-6(2)9(13)11(17)19-18-10(16)7(12)4-5-8(14)15/h6-7,9H,3-5,12-13H2,1-2H3,(H,14,15)/t6?,7-,9+/m1/s1. The summed E-state index contributed by atoms with van der Waals surface area (Å²) in [4.78, 5) is 41.4. The summed E-state index contributed by atoms with van der Waals surface area (Å²) in [6.45, 7) is 3.61. The lowest BCUT2D eigenvalue weighted by Gasteiger charge is -2.15. The zero-order valence-electron chi connectivity index (χ0n) is 11.0. The van der Waals surface area contributed by atoms with Crippen LogP contribution in [-0.4, -0.2) is 35.1 Å². The van der Waals surface area contributed by atoms with Crippen LogP contribution in [0.15, 0.2) is 0 Å². The molecule has 3 atom stereocenters. The minimum Gasteiger partial charge on any atom is -0.481 e. The number of hydrogen-bond donors (Lipinski definition) is 3. The minimum atomic E-state index is -1.16. The van der Waals surface area contributed by atoms with E-state index in [9.17, 15) is 14.4 Å². The van der Waals surface area contributed by atoms with Crippen LogP contribution in [0, 0.1) is 5.92 Å². The average molecular weight is 276 g/mol. The number of carboxylic acids is 1. The van der Waals surface area contributed by atoms with E-state index >= 15 is 0 Å². The predicted octanol–water partition coefficient (Wildman–Crippen LogP) is -0.447. The largest absolute Gasteiger partial charge is 0.481 e. The molecule has 0 aliphatic rings. The Bertz CT molecular complexity index is 333. The van der Waals surface area contributed by atoms with Gasteiger partial charge in [0.15, 0.2) is 0 Å². The van der Waals surface area contributed by atoms with Gasteiger partial charge < -0.3 is 16.6 Å². The van der Waals surface area contributed by atoms with Gasteiger partial charge in [-0.1, -0.05) is 20.3 Å². The van der Waals surface area contributed by atoms with Crippen molar-refractivity contribution in [3.63, 3.8) is 0 Å². The summed E-state index contributed by atoms with van der Waals surface area (Å²) in [5.41, 5.74) is 10.9. The van der Waals surface area contributed by atoms with Crippen LogP contribution in [-0.2, 0) is 24.2 Å². The van der Waals surface area contributed by atoms with Crippen molar-refractivity contribution in [1.82, 2.24) is 0 Å². The highest BCUT2D eigenvalue weighted by molar-refractivity contribution is 5.79. The Balaban J connectivity index is 4.08. The topological polar surface area (TPSA) is 142 Å². The van der Waals surface area contributed by atoms with Crippen LogP contribution in [0.1, 0.15) is 33.1 Å². The van der Waals surface area contributed by atoms with E-state index in [4.69, 9.17) is 16.6 Å². The van der Waals surface area contributed by atoms with E-state index in [1.165, 1.54) is 0 Å². The summed E-state index contributed by atoms with van der Waals surface area (Å²) in [6.07, 6.45) is 0.280. The molecule has 0 aliphatic carbocycles. The van der Waals surface area contributed by atoms with Gasteiger partial charge in [-0.25, -0.2) is 19.4 Å². The molecule has 0 aromatic carbocycles. The van der Waals surface area contributed by atoms with Crippen molar-refractivity contribution in [2.75, 3.05) is 0 Å². The molecule has 0 radical (unpaired) electrons. The third-order valence-electron chi connectivity index (χ3n) is 2.71. The van der Waals surface area contributed by atoms with E-state index in [1.807, 2.05) is 6.92 Å². The third-order valence-corrected chi connectivity index (χ3v) is 2.71. The van der Waals surface area contributed by atoms with Gasteiger partial charge in [0, 0.05) is 6.42 Å². The smallest absolute Gasteiger partial charge is 0.372 e. The van der Waals surface area contributed by atoms with Crippen LogP contribution in [0.3, 0.4) is 0 Å². The van der Waals surface area contributed by atoms with Crippen molar-refractivity contribution in [3.05, 3.63) is 0 Å². The highest BCUT2D eigenvalue weighted by Crippen LogP contribution is 2.07. The van der Waals surface area contributed by atoms with Gasteiger partial charge in [-0.3, -0.25) is 4.79 Å².